The standard InChI is InChI=1S/C22H22O.C21H18O2/c1-14-9-16(3)22(17(4)10-14)19-11-18(12-20(23)13-19)21-8-6-5-7-15(21)2;1-13-8-9-17(15(3)10-13)16-11-19(21(23)20(22)12-16)18-7-5-4-6-14(18)2/h5-13,23H,1-4H3;4-12H,1-3H3. The number of Topliss-reactive ketones (excluding diaryl/α,β-unsaturated/α-hetero) is 1. The van der Waals surface area contributed by atoms with Crippen LogP contribution in [0.3, 0.4) is 0 Å². The number of hydrogen-bond donors (Lipinski definition) is 1. The molecule has 0 atom stereocenters. The molecule has 0 aromatic heterocycles. The Hall–Kier alpha value is -5.28. The lowest BCUT2D eigenvalue weighted by Crippen LogP contribution is -2.17. The van der Waals surface area contributed by atoms with E-state index in [-0.39, 0.29) is 0 Å². The summed E-state index contributed by atoms with van der Waals surface area (Å²) in [7, 11) is 0. The maximum atomic E-state index is 12.3. The topological polar surface area (TPSA) is 54.4 Å². The second-order valence-corrected chi connectivity index (χ2v) is 12.3. The van der Waals surface area contributed by atoms with Gasteiger partial charge >= 0.3 is 0 Å². The zero-order valence-corrected chi connectivity index (χ0v) is 27.7. The Labute approximate surface area is 272 Å². The molecule has 230 valence electrons. The number of benzene rings is 5. The highest BCUT2D eigenvalue weighted by Crippen LogP contribution is 2.36. The van der Waals surface area contributed by atoms with Gasteiger partial charge in [0.2, 0.25) is 11.6 Å². The second-order valence-electron chi connectivity index (χ2n) is 12.3. The molecular formula is C43H40O3. The number of aromatic hydroxyl groups is 1. The average Bonchev–Trinajstić information content (AvgIpc) is 2.99. The Kier molecular flexibility index (Phi) is 9.34. The largest absolute Gasteiger partial charge is 0.508 e. The summed E-state index contributed by atoms with van der Waals surface area (Å²) in [4.78, 5) is 24.5. The van der Waals surface area contributed by atoms with Crippen molar-refractivity contribution in [3.63, 3.8) is 0 Å². The Morgan fingerprint density at radius 3 is 1.65 bits per heavy atom. The molecule has 1 N–H and O–H groups in total. The maximum absolute atomic E-state index is 12.3. The normalized spacial score (nSPS) is 12.7. The highest BCUT2D eigenvalue weighted by atomic mass is 16.3. The van der Waals surface area contributed by atoms with Crippen molar-refractivity contribution >= 4 is 22.7 Å². The van der Waals surface area contributed by atoms with E-state index in [1.807, 2.05) is 87.5 Å². The van der Waals surface area contributed by atoms with E-state index in [9.17, 15) is 14.7 Å². The van der Waals surface area contributed by atoms with Gasteiger partial charge in [0.25, 0.3) is 0 Å². The van der Waals surface area contributed by atoms with Crippen LogP contribution in [0.4, 0.5) is 0 Å². The molecule has 0 heterocycles. The summed E-state index contributed by atoms with van der Waals surface area (Å²) in [5.41, 5.74) is 15.8. The number of carbonyl (C=O) groups excluding carboxylic acids is 2. The van der Waals surface area contributed by atoms with Crippen LogP contribution < -0.4 is 0 Å². The molecule has 0 radical (unpaired) electrons. The first kappa shape index (κ1) is 32.1. The van der Waals surface area contributed by atoms with E-state index in [4.69, 9.17) is 0 Å². The van der Waals surface area contributed by atoms with Crippen LogP contribution in [0, 0.1) is 48.5 Å². The summed E-state index contributed by atoms with van der Waals surface area (Å²) in [6.45, 7) is 14.5. The van der Waals surface area contributed by atoms with Crippen molar-refractivity contribution in [2.75, 3.05) is 0 Å². The minimum Gasteiger partial charge on any atom is -0.508 e. The molecule has 5 aromatic carbocycles. The van der Waals surface area contributed by atoms with Gasteiger partial charge in [-0.25, -0.2) is 0 Å². The van der Waals surface area contributed by atoms with Crippen molar-refractivity contribution in [1.82, 2.24) is 0 Å². The summed E-state index contributed by atoms with van der Waals surface area (Å²) in [6.07, 6.45) is 3.28. The van der Waals surface area contributed by atoms with Crippen LogP contribution in [0.25, 0.3) is 33.4 Å². The lowest BCUT2D eigenvalue weighted by Gasteiger charge is -2.16. The Bertz CT molecular complexity index is 2030. The van der Waals surface area contributed by atoms with E-state index in [0.29, 0.717) is 11.3 Å². The van der Waals surface area contributed by atoms with Gasteiger partial charge in [-0.2, -0.15) is 0 Å². The number of allylic oxidation sites excluding steroid dienone is 4. The van der Waals surface area contributed by atoms with E-state index in [2.05, 4.69) is 64.1 Å². The molecule has 1 aliphatic rings. The molecule has 0 spiro atoms. The fourth-order valence-electron chi connectivity index (χ4n) is 6.41. The molecule has 0 saturated carbocycles. The molecule has 3 nitrogen and oxygen atoms in total. The van der Waals surface area contributed by atoms with Gasteiger partial charge in [-0.3, -0.25) is 9.59 Å². The molecule has 0 aliphatic heterocycles. The summed E-state index contributed by atoms with van der Waals surface area (Å²) in [6, 6.07) is 32.3. The van der Waals surface area contributed by atoms with Crippen LogP contribution in [0.1, 0.15) is 50.1 Å². The number of phenols is 1. The third-order valence-electron chi connectivity index (χ3n) is 8.52. The minimum atomic E-state index is -0.458. The first-order valence-electron chi connectivity index (χ1n) is 15.6. The van der Waals surface area contributed by atoms with Crippen LogP contribution in [0.15, 0.2) is 109 Å². The van der Waals surface area contributed by atoms with Crippen molar-refractivity contribution in [2.45, 2.75) is 48.5 Å². The molecule has 46 heavy (non-hydrogen) atoms. The zero-order chi connectivity index (χ0) is 33.1. The fourth-order valence-corrected chi connectivity index (χ4v) is 6.41. The van der Waals surface area contributed by atoms with E-state index >= 15 is 0 Å². The van der Waals surface area contributed by atoms with Gasteiger partial charge in [0, 0.05) is 5.57 Å². The van der Waals surface area contributed by atoms with Gasteiger partial charge in [-0.05, 0) is 146 Å². The molecule has 0 fully saturated rings. The van der Waals surface area contributed by atoms with E-state index in [0.717, 1.165) is 44.5 Å². The predicted octanol–water partition coefficient (Wildman–Crippen LogP) is 10.2. The highest BCUT2D eigenvalue weighted by Gasteiger charge is 2.25. The van der Waals surface area contributed by atoms with Crippen molar-refractivity contribution in [1.29, 1.82) is 0 Å². The van der Waals surface area contributed by atoms with Gasteiger partial charge in [-0.15, -0.1) is 0 Å². The smallest absolute Gasteiger partial charge is 0.233 e. The van der Waals surface area contributed by atoms with Gasteiger partial charge in [0.1, 0.15) is 5.75 Å². The number of rotatable bonds is 4. The number of phenolic OH excluding ortho intramolecular Hbond substituents is 1. The Morgan fingerprint density at radius 1 is 0.478 bits per heavy atom. The summed E-state index contributed by atoms with van der Waals surface area (Å²) < 4.78 is 0. The monoisotopic (exact) mass is 604 g/mol. The van der Waals surface area contributed by atoms with Crippen molar-refractivity contribution in [2.24, 2.45) is 0 Å². The summed E-state index contributed by atoms with van der Waals surface area (Å²) in [5, 5.41) is 10.2. The summed E-state index contributed by atoms with van der Waals surface area (Å²) >= 11 is 0. The minimum absolute atomic E-state index is 0.306. The third-order valence-corrected chi connectivity index (χ3v) is 8.52. The third kappa shape index (κ3) is 6.84. The van der Waals surface area contributed by atoms with Gasteiger partial charge in [0.15, 0.2) is 0 Å². The quantitative estimate of drug-likeness (QED) is 0.164. The predicted molar refractivity (Wildman–Crippen MR) is 191 cm³/mol. The number of carbonyl (C=O) groups is 2. The first-order chi connectivity index (χ1) is 21.9. The molecular weight excluding hydrogens is 564 g/mol. The molecule has 0 bridgehead atoms. The van der Waals surface area contributed by atoms with Gasteiger partial charge in [0.05, 0.1) is 0 Å². The van der Waals surface area contributed by atoms with Gasteiger partial charge in [-0.1, -0.05) is 90.0 Å². The van der Waals surface area contributed by atoms with Crippen LogP contribution in [0.5, 0.6) is 5.75 Å². The van der Waals surface area contributed by atoms with E-state index in [1.165, 1.54) is 39.5 Å². The zero-order valence-electron chi connectivity index (χ0n) is 27.7. The molecule has 3 heteroatoms. The lowest BCUT2D eigenvalue weighted by atomic mass is 9.86. The van der Waals surface area contributed by atoms with Crippen molar-refractivity contribution in [3.05, 3.63) is 159 Å². The number of hydrogen-bond acceptors (Lipinski definition) is 3. The number of ketones is 2. The SMILES string of the molecule is Cc1cc(C)c(-c2cc(O)cc(-c3ccccc3C)c2)c(C)c1.Cc1ccc(C2=CC(=O)C(=O)C(c3ccccc3C)=C2)c(C)c1. The molecule has 0 amide bonds. The average molecular weight is 605 g/mol. The van der Waals surface area contributed by atoms with Crippen LogP contribution in [-0.4, -0.2) is 16.7 Å². The number of aryl methyl sites for hydroxylation is 7. The fraction of sp³-hybridized carbons (Fsp3) is 0.163. The molecule has 0 saturated heterocycles. The van der Waals surface area contributed by atoms with E-state index < -0.39 is 11.6 Å². The molecule has 0 unspecified atom stereocenters. The van der Waals surface area contributed by atoms with Crippen LogP contribution >= 0.6 is 0 Å². The first-order valence-corrected chi connectivity index (χ1v) is 15.6. The van der Waals surface area contributed by atoms with Crippen LogP contribution in [0.2, 0.25) is 0 Å². The highest BCUT2D eigenvalue weighted by molar-refractivity contribution is 6.59. The molecule has 5 aromatic rings. The lowest BCUT2D eigenvalue weighted by molar-refractivity contribution is -0.130. The maximum Gasteiger partial charge on any atom is 0.233 e. The van der Waals surface area contributed by atoms with Crippen LogP contribution in [-0.2, 0) is 9.59 Å². The van der Waals surface area contributed by atoms with Crippen molar-refractivity contribution in [3.8, 4) is 28.0 Å². The Balaban J connectivity index is 0.000000181. The van der Waals surface area contributed by atoms with Gasteiger partial charge < -0.3 is 5.11 Å². The molecule has 6 rings (SSSR count). The summed E-state index contributed by atoms with van der Waals surface area (Å²) in [5.74, 6) is -0.589. The molecule has 1 aliphatic carbocycles. The van der Waals surface area contributed by atoms with Crippen molar-refractivity contribution < 1.29 is 14.7 Å². The Morgan fingerprint density at radius 2 is 1.04 bits per heavy atom. The van der Waals surface area contributed by atoms with E-state index in [1.54, 1.807) is 0 Å². The second kappa shape index (κ2) is 13.4.